The van der Waals surface area contributed by atoms with Crippen LogP contribution >= 0.6 is 0 Å². The minimum atomic E-state index is -0.681. The van der Waals surface area contributed by atoms with E-state index < -0.39 is 5.60 Å². The third-order valence-corrected chi connectivity index (χ3v) is 4.11. The highest BCUT2D eigenvalue weighted by Gasteiger charge is 2.26. The van der Waals surface area contributed by atoms with E-state index in [4.69, 9.17) is 0 Å². The Labute approximate surface area is 127 Å². The van der Waals surface area contributed by atoms with Gasteiger partial charge in [0.25, 0.3) is 5.91 Å². The number of piperazine rings is 1. The van der Waals surface area contributed by atoms with Gasteiger partial charge < -0.3 is 10.0 Å². The molecular weight excluding hydrogens is 264 g/mol. The Morgan fingerprint density at radius 3 is 2.38 bits per heavy atom. The lowest BCUT2D eigenvalue weighted by Gasteiger charge is -2.37. The van der Waals surface area contributed by atoms with Gasteiger partial charge in [-0.05, 0) is 44.9 Å². The number of hydrogen-bond donors (Lipinski definition) is 1. The number of β-amino-alcohol motifs (C(OH)–C–C–N with tert-alkyl or cyclic N) is 1. The van der Waals surface area contributed by atoms with Gasteiger partial charge in [-0.1, -0.05) is 12.1 Å². The molecule has 1 aliphatic rings. The number of aryl methyl sites for hydroxylation is 1. The van der Waals surface area contributed by atoms with E-state index in [1.807, 2.05) is 50.8 Å². The molecule has 0 aromatic heterocycles. The molecule has 1 N–H and O–H groups in total. The lowest BCUT2D eigenvalue weighted by atomic mass is 10.0. The number of benzene rings is 1. The van der Waals surface area contributed by atoms with Crippen LogP contribution in [-0.2, 0) is 0 Å². The number of amides is 1. The fourth-order valence-corrected chi connectivity index (χ4v) is 2.81. The average molecular weight is 290 g/mol. The van der Waals surface area contributed by atoms with Gasteiger partial charge in [-0.15, -0.1) is 0 Å². The van der Waals surface area contributed by atoms with Crippen molar-refractivity contribution < 1.29 is 9.90 Å². The SMILES string of the molecule is Cc1cccc(C(=O)N2CCN(CC(C)(C)O)CC2)c1C. The van der Waals surface area contributed by atoms with Gasteiger partial charge in [-0.3, -0.25) is 9.69 Å². The molecule has 0 atom stereocenters. The van der Waals surface area contributed by atoms with Gasteiger partial charge in [-0.2, -0.15) is 0 Å². The number of carbonyl (C=O) groups excluding carboxylic acids is 1. The van der Waals surface area contributed by atoms with Crippen molar-refractivity contribution in [2.75, 3.05) is 32.7 Å². The predicted molar refractivity (Wildman–Crippen MR) is 84.6 cm³/mol. The Bertz CT molecular complexity index is 512. The van der Waals surface area contributed by atoms with Crippen LogP contribution in [0.4, 0.5) is 0 Å². The normalized spacial score (nSPS) is 17.1. The maximum absolute atomic E-state index is 12.6. The smallest absolute Gasteiger partial charge is 0.254 e. The summed E-state index contributed by atoms with van der Waals surface area (Å²) in [6.45, 7) is 11.4. The van der Waals surface area contributed by atoms with Gasteiger partial charge in [0.1, 0.15) is 0 Å². The van der Waals surface area contributed by atoms with Gasteiger partial charge >= 0.3 is 0 Å². The maximum atomic E-state index is 12.6. The van der Waals surface area contributed by atoms with Crippen LogP contribution in [0.5, 0.6) is 0 Å². The van der Waals surface area contributed by atoms with E-state index in [0.29, 0.717) is 6.54 Å². The molecule has 1 aliphatic heterocycles. The summed E-state index contributed by atoms with van der Waals surface area (Å²) in [7, 11) is 0. The third kappa shape index (κ3) is 4.05. The van der Waals surface area contributed by atoms with Crippen LogP contribution in [0.1, 0.15) is 35.3 Å². The van der Waals surface area contributed by atoms with Crippen molar-refractivity contribution in [1.82, 2.24) is 9.80 Å². The number of nitrogens with zero attached hydrogens (tertiary/aromatic N) is 2. The Kier molecular flexibility index (Phi) is 4.69. The third-order valence-electron chi connectivity index (χ3n) is 4.11. The van der Waals surface area contributed by atoms with Gasteiger partial charge in [-0.25, -0.2) is 0 Å². The Morgan fingerprint density at radius 2 is 1.81 bits per heavy atom. The summed E-state index contributed by atoms with van der Waals surface area (Å²) in [4.78, 5) is 16.8. The van der Waals surface area contributed by atoms with Crippen molar-refractivity contribution in [3.63, 3.8) is 0 Å². The first-order valence-electron chi connectivity index (χ1n) is 7.58. The van der Waals surface area contributed by atoms with Crippen LogP contribution in [0, 0.1) is 13.8 Å². The Hall–Kier alpha value is -1.39. The van der Waals surface area contributed by atoms with Crippen molar-refractivity contribution in [1.29, 1.82) is 0 Å². The van der Waals surface area contributed by atoms with E-state index in [-0.39, 0.29) is 5.91 Å². The molecule has 1 saturated heterocycles. The summed E-state index contributed by atoms with van der Waals surface area (Å²) in [5.41, 5.74) is 2.35. The van der Waals surface area contributed by atoms with E-state index in [2.05, 4.69) is 4.90 Å². The first-order valence-corrected chi connectivity index (χ1v) is 7.58. The summed E-state index contributed by atoms with van der Waals surface area (Å²) < 4.78 is 0. The van der Waals surface area contributed by atoms with Crippen LogP contribution in [0.2, 0.25) is 0 Å². The highest BCUT2D eigenvalue weighted by molar-refractivity contribution is 5.96. The zero-order chi connectivity index (χ0) is 15.6. The molecule has 0 spiro atoms. The average Bonchev–Trinajstić information content (AvgIpc) is 2.40. The van der Waals surface area contributed by atoms with Gasteiger partial charge in [0, 0.05) is 38.3 Å². The molecule has 0 saturated carbocycles. The van der Waals surface area contributed by atoms with Crippen molar-refractivity contribution >= 4 is 5.91 Å². The molecule has 1 aromatic carbocycles. The van der Waals surface area contributed by atoms with Gasteiger partial charge in [0.15, 0.2) is 0 Å². The number of rotatable bonds is 3. The molecule has 4 heteroatoms. The van der Waals surface area contributed by atoms with Crippen molar-refractivity contribution in [3.8, 4) is 0 Å². The zero-order valence-corrected chi connectivity index (χ0v) is 13.5. The van der Waals surface area contributed by atoms with E-state index in [9.17, 15) is 9.90 Å². The second-order valence-corrected chi connectivity index (χ2v) is 6.63. The highest BCUT2D eigenvalue weighted by Crippen LogP contribution is 2.17. The lowest BCUT2D eigenvalue weighted by molar-refractivity contribution is 0.0178. The molecule has 1 amide bonds. The lowest BCUT2D eigenvalue weighted by Crippen LogP contribution is -2.52. The topological polar surface area (TPSA) is 43.8 Å². The van der Waals surface area contributed by atoms with Crippen LogP contribution in [-0.4, -0.2) is 59.1 Å². The molecular formula is C17H26N2O2. The molecule has 0 bridgehead atoms. The zero-order valence-electron chi connectivity index (χ0n) is 13.5. The molecule has 2 rings (SSSR count). The Morgan fingerprint density at radius 1 is 1.19 bits per heavy atom. The molecule has 21 heavy (non-hydrogen) atoms. The fourth-order valence-electron chi connectivity index (χ4n) is 2.81. The van der Waals surface area contributed by atoms with E-state index in [0.717, 1.165) is 42.9 Å². The summed E-state index contributed by atoms with van der Waals surface area (Å²) in [6.07, 6.45) is 0. The van der Waals surface area contributed by atoms with Crippen LogP contribution in [0.15, 0.2) is 18.2 Å². The quantitative estimate of drug-likeness (QED) is 0.923. The minimum absolute atomic E-state index is 0.124. The molecule has 1 heterocycles. The van der Waals surface area contributed by atoms with Gasteiger partial charge in [0.2, 0.25) is 0 Å². The highest BCUT2D eigenvalue weighted by atomic mass is 16.3. The second kappa shape index (κ2) is 6.16. The number of carbonyl (C=O) groups is 1. The van der Waals surface area contributed by atoms with E-state index in [1.165, 1.54) is 0 Å². The Balaban J connectivity index is 1.99. The fraction of sp³-hybridized carbons (Fsp3) is 0.588. The minimum Gasteiger partial charge on any atom is -0.389 e. The van der Waals surface area contributed by atoms with E-state index in [1.54, 1.807) is 0 Å². The van der Waals surface area contributed by atoms with Gasteiger partial charge in [0.05, 0.1) is 5.60 Å². The van der Waals surface area contributed by atoms with E-state index >= 15 is 0 Å². The largest absolute Gasteiger partial charge is 0.389 e. The molecule has 4 nitrogen and oxygen atoms in total. The second-order valence-electron chi connectivity index (χ2n) is 6.63. The van der Waals surface area contributed by atoms with Crippen LogP contribution < -0.4 is 0 Å². The maximum Gasteiger partial charge on any atom is 0.254 e. The summed E-state index contributed by atoms with van der Waals surface area (Å²) >= 11 is 0. The molecule has 0 unspecified atom stereocenters. The first kappa shape index (κ1) is 16.0. The molecule has 0 radical (unpaired) electrons. The van der Waals surface area contributed by atoms with Crippen molar-refractivity contribution in [2.45, 2.75) is 33.3 Å². The summed E-state index contributed by atoms with van der Waals surface area (Å²) in [5, 5.41) is 9.87. The molecule has 1 fully saturated rings. The van der Waals surface area contributed by atoms with Crippen molar-refractivity contribution in [3.05, 3.63) is 34.9 Å². The number of hydrogen-bond acceptors (Lipinski definition) is 3. The van der Waals surface area contributed by atoms with Crippen LogP contribution in [0.25, 0.3) is 0 Å². The summed E-state index contributed by atoms with van der Waals surface area (Å²) in [5.74, 6) is 0.124. The first-order chi connectivity index (χ1) is 9.78. The molecule has 0 aliphatic carbocycles. The predicted octanol–water partition coefficient (Wildman–Crippen LogP) is 1.83. The standard InChI is InChI=1S/C17H26N2O2/c1-13-6-5-7-15(14(13)2)16(20)19-10-8-18(9-11-19)12-17(3,4)21/h5-7,21H,8-12H2,1-4H3. The van der Waals surface area contributed by atoms with Crippen LogP contribution in [0.3, 0.4) is 0 Å². The monoisotopic (exact) mass is 290 g/mol. The van der Waals surface area contributed by atoms with Crippen molar-refractivity contribution in [2.24, 2.45) is 0 Å². The number of aliphatic hydroxyl groups is 1. The summed E-state index contributed by atoms with van der Waals surface area (Å²) in [6, 6.07) is 5.89. The molecule has 1 aromatic rings. The molecule has 116 valence electrons.